The number of aromatic amines is 1. The second-order valence-corrected chi connectivity index (χ2v) is 7.52. The first-order valence-electron chi connectivity index (χ1n) is 9.25. The quantitative estimate of drug-likeness (QED) is 0.438. The van der Waals surface area contributed by atoms with E-state index in [1.807, 2.05) is 85.8 Å². The Kier molecular flexibility index (Phi) is 5.72. The van der Waals surface area contributed by atoms with Crippen LogP contribution in [0.15, 0.2) is 84.0 Å². The fourth-order valence-electron chi connectivity index (χ4n) is 2.93. The summed E-state index contributed by atoms with van der Waals surface area (Å²) >= 11 is 1.30. The number of benzene rings is 3. The zero-order valence-corrected chi connectivity index (χ0v) is 16.7. The summed E-state index contributed by atoms with van der Waals surface area (Å²) in [6.07, 6.45) is 0. The number of aromatic nitrogens is 3. The van der Waals surface area contributed by atoms with Crippen LogP contribution in [0.5, 0.6) is 0 Å². The lowest BCUT2D eigenvalue weighted by atomic mass is 10.0. The van der Waals surface area contributed by atoms with Gasteiger partial charge < -0.3 is 5.32 Å². The molecule has 0 saturated heterocycles. The molecule has 6 heteroatoms. The number of hydrogen-bond donors (Lipinski definition) is 2. The second kappa shape index (κ2) is 8.75. The van der Waals surface area contributed by atoms with Gasteiger partial charge in [-0.2, -0.15) is 0 Å². The minimum Gasteiger partial charge on any atom is -0.325 e. The Morgan fingerprint density at radius 3 is 2.45 bits per heavy atom. The number of nitrogens with one attached hydrogen (secondary N) is 2. The lowest BCUT2D eigenvalue weighted by Gasteiger charge is -2.10. The van der Waals surface area contributed by atoms with Gasteiger partial charge >= 0.3 is 0 Å². The monoisotopic (exact) mass is 400 g/mol. The number of carbonyl (C=O) groups is 1. The van der Waals surface area contributed by atoms with E-state index in [9.17, 15) is 4.79 Å². The highest BCUT2D eigenvalue weighted by molar-refractivity contribution is 7.99. The van der Waals surface area contributed by atoms with E-state index in [-0.39, 0.29) is 11.7 Å². The lowest BCUT2D eigenvalue weighted by molar-refractivity contribution is -0.113. The molecule has 2 N–H and O–H groups in total. The minimum absolute atomic E-state index is 0.0972. The molecule has 5 nitrogen and oxygen atoms in total. The predicted molar refractivity (Wildman–Crippen MR) is 118 cm³/mol. The molecule has 1 amide bonds. The number of anilines is 1. The van der Waals surface area contributed by atoms with Crippen molar-refractivity contribution in [3.63, 3.8) is 0 Å². The molecule has 0 unspecified atom stereocenters. The van der Waals surface area contributed by atoms with Gasteiger partial charge in [-0.3, -0.25) is 9.89 Å². The Morgan fingerprint density at radius 2 is 1.66 bits per heavy atom. The molecule has 0 radical (unpaired) electrons. The Hall–Kier alpha value is -3.38. The van der Waals surface area contributed by atoms with E-state index in [1.165, 1.54) is 17.3 Å². The van der Waals surface area contributed by atoms with E-state index in [4.69, 9.17) is 0 Å². The van der Waals surface area contributed by atoms with E-state index in [0.29, 0.717) is 11.0 Å². The number of amides is 1. The fourth-order valence-corrected chi connectivity index (χ4v) is 3.53. The van der Waals surface area contributed by atoms with Crippen molar-refractivity contribution >= 4 is 23.4 Å². The van der Waals surface area contributed by atoms with Crippen LogP contribution in [-0.2, 0) is 4.79 Å². The number of H-pyrrole nitrogens is 1. The summed E-state index contributed by atoms with van der Waals surface area (Å²) in [7, 11) is 0. The topological polar surface area (TPSA) is 70.7 Å². The molecule has 0 spiro atoms. The highest BCUT2D eigenvalue weighted by Crippen LogP contribution is 2.28. The summed E-state index contributed by atoms with van der Waals surface area (Å²) in [5.41, 5.74) is 5.00. The average Bonchev–Trinajstić information content (AvgIpc) is 3.23. The molecule has 1 aromatic heterocycles. The van der Waals surface area contributed by atoms with Gasteiger partial charge in [-0.1, -0.05) is 90.1 Å². The van der Waals surface area contributed by atoms with Crippen molar-refractivity contribution < 1.29 is 4.79 Å². The molecule has 4 rings (SSSR count). The minimum atomic E-state index is -0.0972. The van der Waals surface area contributed by atoms with Crippen molar-refractivity contribution in [3.8, 4) is 22.5 Å². The van der Waals surface area contributed by atoms with Crippen LogP contribution in [0.25, 0.3) is 22.5 Å². The maximum Gasteiger partial charge on any atom is 0.234 e. The van der Waals surface area contributed by atoms with Gasteiger partial charge in [-0.25, -0.2) is 4.98 Å². The molecule has 0 aliphatic carbocycles. The van der Waals surface area contributed by atoms with Crippen LogP contribution in [0.3, 0.4) is 0 Å². The zero-order valence-electron chi connectivity index (χ0n) is 15.9. The molecule has 0 atom stereocenters. The molecule has 3 aromatic carbocycles. The first kappa shape index (κ1) is 19.0. The Bertz CT molecular complexity index is 1110. The third-order valence-electron chi connectivity index (χ3n) is 4.41. The molecular weight excluding hydrogens is 380 g/mol. The van der Waals surface area contributed by atoms with Crippen molar-refractivity contribution in [1.29, 1.82) is 0 Å². The second-order valence-electron chi connectivity index (χ2n) is 6.58. The number of para-hydroxylation sites is 1. The summed E-state index contributed by atoms with van der Waals surface area (Å²) in [4.78, 5) is 17.0. The van der Waals surface area contributed by atoms with Crippen molar-refractivity contribution in [3.05, 3.63) is 84.4 Å². The van der Waals surface area contributed by atoms with Crippen LogP contribution in [-0.4, -0.2) is 26.8 Å². The van der Waals surface area contributed by atoms with E-state index >= 15 is 0 Å². The lowest BCUT2D eigenvalue weighted by Crippen LogP contribution is -2.14. The molecule has 0 aliphatic heterocycles. The third kappa shape index (κ3) is 4.73. The van der Waals surface area contributed by atoms with Gasteiger partial charge in [0.05, 0.1) is 5.75 Å². The highest BCUT2D eigenvalue weighted by Gasteiger charge is 2.11. The average molecular weight is 401 g/mol. The van der Waals surface area contributed by atoms with Gasteiger partial charge in [0, 0.05) is 16.8 Å². The van der Waals surface area contributed by atoms with E-state index in [0.717, 1.165) is 22.4 Å². The van der Waals surface area contributed by atoms with Crippen LogP contribution in [0.1, 0.15) is 5.56 Å². The summed E-state index contributed by atoms with van der Waals surface area (Å²) in [6, 6.07) is 25.8. The molecule has 1 heterocycles. The van der Waals surface area contributed by atoms with Crippen LogP contribution >= 0.6 is 11.8 Å². The van der Waals surface area contributed by atoms with E-state index in [2.05, 4.69) is 20.5 Å². The van der Waals surface area contributed by atoms with Crippen LogP contribution in [0, 0.1) is 6.92 Å². The van der Waals surface area contributed by atoms with Crippen LogP contribution in [0.2, 0.25) is 0 Å². The van der Waals surface area contributed by atoms with Gasteiger partial charge in [0.2, 0.25) is 11.1 Å². The zero-order chi connectivity index (χ0) is 20.1. The predicted octanol–water partition coefficient (Wildman–Crippen LogP) is 5.18. The number of hydrogen-bond acceptors (Lipinski definition) is 4. The number of thioether (sulfide) groups is 1. The van der Waals surface area contributed by atoms with Gasteiger partial charge in [0.1, 0.15) is 0 Å². The van der Waals surface area contributed by atoms with Gasteiger partial charge in [0.25, 0.3) is 0 Å². The molecule has 4 aromatic rings. The van der Waals surface area contributed by atoms with Crippen molar-refractivity contribution in [1.82, 2.24) is 15.2 Å². The molecule has 0 aliphatic rings. The number of rotatable bonds is 6. The van der Waals surface area contributed by atoms with E-state index in [1.54, 1.807) is 0 Å². The molecular formula is C23H20N4OS. The molecule has 0 saturated carbocycles. The van der Waals surface area contributed by atoms with Crippen LogP contribution in [0.4, 0.5) is 5.69 Å². The Morgan fingerprint density at radius 1 is 0.931 bits per heavy atom. The van der Waals surface area contributed by atoms with Crippen molar-refractivity contribution in [2.24, 2.45) is 0 Å². The maximum absolute atomic E-state index is 12.5. The normalized spacial score (nSPS) is 10.7. The van der Waals surface area contributed by atoms with Crippen molar-refractivity contribution in [2.75, 3.05) is 11.1 Å². The first-order chi connectivity index (χ1) is 14.2. The largest absolute Gasteiger partial charge is 0.325 e. The molecule has 144 valence electrons. The summed E-state index contributed by atoms with van der Waals surface area (Å²) in [6.45, 7) is 2.04. The maximum atomic E-state index is 12.5. The molecule has 0 fully saturated rings. The Labute approximate surface area is 173 Å². The van der Waals surface area contributed by atoms with Gasteiger partial charge in [0.15, 0.2) is 5.82 Å². The van der Waals surface area contributed by atoms with Gasteiger partial charge in [-0.05, 0) is 18.6 Å². The van der Waals surface area contributed by atoms with Crippen LogP contribution < -0.4 is 5.32 Å². The smallest absolute Gasteiger partial charge is 0.234 e. The first-order valence-corrected chi connectivity index (χ1v) is 10.2. The summed E-state index contributed by atoms with van der Waals surface area (Å²) in [5, 5.41) is 10.7. The molecule has 29 heavy (non-hydrogen) atoms. The standard InChI is InChI=1S/C23H20N4OS/c1-16-11-13-18(14-12-16)22-25-23(27-26-22)29-15-21(28)24-20-10-6-5-9-19(20)17-7-3-2-4-8-17/h2-14H,15H2,1H3,(H,24,28)(H,25,26,27). The molecule has 0 bridgehead atoms. The van der Waals surface area contributed by atoms with Gasteiger partial charge in [-0.15, -0.1) is 5.10 Å². The number of carbonyl (C=O) groups excluding carboxylic acids is 1. The number of nitrogens with zero attached hydrogens (tertiary/aromatic N) is 2. The number of aryl methyl sites for hydroxylation is 1. The third-order valence-corrected chi connectivity index (χ3v) is 5.26. The van der Waals surface area contributed by atoms with Crippen molar-refractivity contribution in [2.45, 2.75) is 12.1 Å². The fraction of sp³-hybridized carbons (Fsp3) is 0.0870. The summed E-state index contributed by atoms with van der Waals surface area (Å²) < 4.78 is 0. The SMILES string of the molecule is Cc1ccc(-c2nc(SCC(=O)Nc3ccccc3-c3ccccc3)n[nH]2)cc1. The van der Waals surface area contributed by atoms with E-state index < -0.39 is 0 Å². The highest BCUT2D eigenvalue weighted by atomic mass is 32.2. The summed E-state index contributed by atoms with van der Waals surface area (Å²) in [5.74, 6) is 0.830. The Balaban J connectivity index is 1.40.